The summed E-state index contributed by atoms with van der Waals surface area (Å²) in [6, 6.07) is 2.53. The molecule has 1 saturated heterocycles. The topological polar surface area (TPSA) is 46.2 Å². The molecule has 0 saturated carbocycles. The van der Waals surface area contributed by atoms with Crippen molar-refractivity contribution in [3.63, 3.8) is 0 Å². The third kappa shape index (κ3) is 3.10. The summed E-state index contributed by atoms with van der Waals surface area (Å²) < 4.78 is 5.33. The standard InChI is InChI=1S/C12H19N3O/c1-2-4-14-11-6-12(8-13-7-11)15-10-3-5-16-9-10/h6-8,10,14-15H,2-5,9H2,1H3. The van der Waals surface area contributed by atoms with E-state index >= 15 is 0 Å². The highest BCUT2D eigenvalue weighted by Gasteiger charge is 2.14. The fourth-order valence-corrected chi connectivity index (χ4v) is 1.77. The minimum atomic E-state index is 0.434. The molecule has 4 nitrogen and oxygen atoms in total. The van der Waals surface area contributed by atoms with Gasteiger partial charge in [0, 0.05) is 13.2 Å². The minimum absolute atomic E-state index is 0.434. The largest absolute Gasteiger partial charge is 0.384 e. The third-order valence-electron chi connectivity index (χ3n) is 2.62. The van der Waals surface area contributed by atoms with Crippen LogP contribution in [0.3, 0.4) is 0 Å². The van der Waals surface area contributed by atoms with Crippen LogP contribution in [0.15, 0.2) is 18.5 Å². The van der Waals surface area contributed by atoms with Gasteiger partial charge in [0.05, 0.1) is 36.4 Å². The highest BCUT2D eigenvalue weighted by molar-refractivity contribution is 5.54. The molecular weight excluding hydrogens is 202 g/mol. The van der Waals surface area contributed by atoms with E-state index < -0.39 is 0 Å². The zero-order valence-corrected chi connectivity index (χ0v) is 9.70. The number of pyridine rings is 1. The molecule has 0 amide bonds. The molecule has 1 fully saturated rings. The molecule has 1 aromatic rings. The lowest BCUT2D eigenvalue weighted by Gasteiger charge is -2.13. The lowest BCUT2D eigenvalue weighted by atomic mass is 10.2. The molecule has 1 unspecified atom stereocenters. The highest BCUT2D eigenvalue weighted by Crippen LogP contribution is 2.16. The average Bonchev–Trinajstić information content (AvgIpc) is 2.80. The van der Waals surface area contributed by atoms with Gasteiger partial charge in [-0.25, -0.2) is 0 Å². The first-order chi connectivity index (χ1) is 7.88. The monoisotopic (exact) mass is 221 g/mol. The maximum atomic E-state index is 5.33. The van der Waals surface area contributed by atoms with Gasteiger partial charge in [0.25, 0.3) is 0 Å². The summed E-state index contributed by atoms with van der Waals surface area (Å²) in [5.41, 5.74) is 2.14. The summed E-state index contributed by atoms with van der Waals surface area (Å²) >= 11 is 0. The van der Waals surface area contributed by atoms with E-state index in [0.717, 1.165) is 44.0 Å². The van der Waals surface area contributed by atoms with Crippen LogP contribution in [0.5, 0.6) is 0 Å². The van der Waals surface area contributed by atoms with Crippen molar-refractivity contribution in [2.24, 2.45) is 0 Å². The molecule has 0 radical (unpaired) electrons. The van der Waals surface area contributed by atoms with Crippen LogP contribution in [-0.4, -0.2) is 30.8 Å². The van der Waals surface area contributed by atoms with Crippen molar-refractivity contribution in [3.05, 3.63) is 18.5 Å². The van der Waals surface area contributed by atoms with Gasteiger partial charge in [-0.1, -0.05) is 6.92 Å². The van der Waals surface area contributed by atoms with Gasteiger partial charge in [-0.15, -0.1) is 0 Å². The Kier molecular flexibility index (Phi) is 3.99. The van der Waals surface area contributed by atoms with E-state index in [9.17, 15) is 0 Å². The highest BCUT2D eigenvalue weighted by atomic mass is 16.5. The fourth-order valence-electron chi connectivity index (χ4n) is 1.77. The number of rotatable bonds is 5. The zero-order chi connectivity index (χ0) is 11.2. The first-order valence-corrected chi connectivity index (χ1v) is 5.91. The van der Waals surface area contributed by atoms with Gasteiger partial charge >= 0.3 is 0 Å². The predicted octanol–water partition coefficient (Wildman–Crippen LogP) is 2.10. The van der Waals surface area contributed by atoms with E-state index in [2.05, 4.69) is 28.6 Å². The van der Waals surface area contributed by atoms with Crippen molar-refractivity contribution in [1.29, 1.82) is 0 Å². The van der Waals surface area contributed by atoms with Gasteiger partial charge in [0.2, 0.25) is 0 Å². The molecule has 0 bridgehead atoms. The number of ether oxygens (including phenoxy) is 1. The van der Waals surface area contributed by atoms with E-state index in [4.69, 9.17) is 4.74 Å². The Balaban J connectivity index is 1.92. The summed E-state index contributed by atoms with van der Waals surface area (Å²) in [5, 5.41) is 6.76. The van der Waals surface area contributed by atoms with Gasteiger partial charge in [-0.2, -0.15) is 0 Å². The predicted molar refractivity (Wildman–Crippen MR) is 65.9 cm³/mol. The quantitative estimate of drug-likeness (QED) is 0.799. The van der Waals surface area contributed by atoms with Crippen LogP contribution >= 0.6 is 0 Å². The van der Waals surface area contributed by atoms with Gasteiger partial charge in [0.15, 0.2) is 0 Å². The Hall–Kier alpha value is -1.29. The van der Waals surface area contributed by atoms with Crippen LogP contribution in [0.25, 0.3) is 0 Å². The maximum absolute atomic E-state index is 5.33. The Bertz CT molecular complexity index is 324. The number of anilines is 2. The van der Waals surface area contributed by atoms with Crippen LogP contribution in [0.2, 0.25) is 0 Å². The molecule has 16 heavy (non-hydrogen) atoms. The van der Waals surface area contributed by atoms with Gasteiger partial charge in [-0.05, 0) is 18.9 Å². The Labute approximate surface area is 96.4 Å². The molecule has 1 aromatic heterocycles. The Morgan fingerprint density at radius 3 is 3.06 bits per heavy atom. The summed E-state index contributed by atoms with van der Waals surface area (Å²) in [6.07, 6.45) is 5.90. The first kappa shape index (κ1) is 11.2. The fraction of sp³-hybridized carbons (Fsp3) is 0.583. The molecule has 0 aliphatic carbocycles. The smallest absolute Gasteiger partial charge is 0.0668 e. The molecule has 1 aliphatic heterocycles. The number of nitrogens with one attached hydrogen (secondary N) is 2. The van der Waals surface area contributed by atoms with Gasteiger partial charge in [0.1, 0.15) is 0 Å². The van der Waals surface area contributed by atoms with Crippen LogP contribution in [0, 0.1) is 0 Å². The second kappa shape index (κ2) is 5.70. The summed E-state index contributed by atoms with van der Waals surface area (Å²) in [5.74, 6) is 0. The Morgan fingerprint density at radius 2 is 2.31 bits per heavy atom. The molecule has 0 spiro atoms. The van der Waals surface area contributed by atoms with Crippen molar-refractivity contribution < 1.29 is 4.74 Å². The second-order valence-electron chi connectivity index (χ2n) is 4.09. The van der Waals surface area contributed by atoms with Gasteiger partial charge < -0.3 is 15.4 Å². The molecule has 4 heteroatoms. The third-order valence-corrected chi connectivity index (χ3v) is 2.62. The SMILES string of the molecule is CCCNc1cncc(NC2CCOC2)c1. The number of hydrogen-bond acceptors (Lipinski definition) is 4. The maximum Gasteiger partial charge on any atom is 0.0668 e. The molecule has 2 rings (SSSR count). The van der Waals surface area contributed by atoms with E-state index in [-0.39, 0.29) is 0 Å². The van der Waals surface area contributed by atoms with Crippen molar-refractivity contribution in [1.82, 2.24) is 4.98 Å². The van der Waals surface area contributed by atoms with Crippen LogP contribution in [0.4, 0.5) is 11.4 Å². The summed E-state index contributed by atoms with van der Waals surface area (Å²) in [7, 11) is 0. The normalized spacial score (nSPS) is 19.7. The second-order valence-corrected chi connectivity index (χ2v) is 4.09. The van der Waals surface area contributed by atoms with E-state index in [1.54, 1.807) is 0 Å². The molecule has 2 N–H and O–H groups in total. The number of aromatic nitrogens is 1. The van der Waals surface area contributed by atoms with Crippen molar-refractivity contribution in [2.75, 3.05) is 30.4 Å². The van der Waals surface area contributed by atoms with Crippen molar-refractivity contribution in [3.8, 4) is 0 Å². The van der Waals surface area contributed by atoms with Crippen LogP contribution in [-0.2, 0) is 4.74 Å². The molecule has 88 valence electrons. The van der Waals surface area contributed by atoms with E-state index in [0.29, 0.717) is 6.04 Å². The van der Waals surface area contributed by atoms with E-state index in [1.807, 2.05) is 12.4 Å². The molecule has 2 heterocycles. The molecule has 1 atom stereocenters. The lowest BCUT2D eigenvalue weighted by Crippen LogP contribution is -2.19. The molecule has 0 aromatic carbocycles. The first-order valence-electron chi connectivity index (χ1n) is 5.91. The van der Waals surface area contributed by atoms with Crippen LogP contribution < -0.4 is 10.6 Å². The van der Waals surface area contributed by atoms with Crippen molar-refractivity contribution in [2.45, 2.75) is 25.8 Å². The van der Waals surface area contributed by atoms with Crippen LogP contribution in [0.1, 0.15) is 19.8 Å². The number of nitrogens with zero attached hydrogens (tertiary/aromatic N) is 1. The molecular formula is C12H19N3O. The summed E-state index contributed by atoms with van der Waals surface area (Å²) in [6.45, 7) is 4.79. The average molecular weight is 221 g/mol. The summed E-state index contributed by atoms with van der Waals surface area (Å²) in [4.78, 5) is 4.21. The molecule has 1 aliphatic rings. The zero-order valence-electron chi connectivity index (χ0n) is 9.70. The van der Waals surface area contributed by atoms with Gasteiger partial charge in [-0.3, -0.25) is 4.98 Å². The Morgan fingerprint density at radius 1 is 1.44 bits per heavy atom. The number of hydrogen-bond donors (Lipinski definition) is 2. The lowest BCUT2D eigenvalue weighted by molar-refractivity contribution is 0.195. The minimum Gasteiger partial charge on any atom is -0.384 e. The van der Waals surface area contributed by atoms with E-state index in [1.165, 1.54) is 0 Å². The van der Waals surface area contributed by atoms with Crippen molar-refractivity contribution >= 4 is 11.4 Å².